The smallest absolute Gasteiger partial charge is 0.326 e. The average Bonchev–Trinajstić information content (AvgIpc) is 2.20. The normalized spacial score (nSPS) is 11.3. The van der Waals surface area contributed by atoms with Crippen LogP contribution in [0.4, 0.5) is 9.59 Å². The highest BCUT2D eigenvalue weighted by atomic mass is 16.4. The van der Waals surface area contributed by atoms with Gasteiger partial charge in [0.1, 0.15) is 6.04 Å². The number of aliphatic carboxylic acids is 1. The van der Waals surface area contributed by atoms with Gasteiger partial charge in [0.25, 0.3) is 0 Å². The van der Waals surface area contributed by atoms with Crippen LogP contribution in [-0.2, 0) is 4.79 Å². The van der Waals surface area contributed by atoms with Crippen LogP contribution >= 0.6 is 0 Å². The standard InChI is InChI=1S/C8H16N4O4/c1-2-5(6(13)14)12-8(16)11-4-3-10-7(9)15/h5H,2-4H2,1H3,(H,13,14)(H3,9,10,15)(H2,11,12,16)/t5-/m0/s1. The summed E-state index contributed by atoms with van der Waals surface area (Å²) in [6.07, 6.45) is 0.294. The van der Waals surface area contributed by atoms with Crippen LogP contribution in [0, 0.1) is 0 Å². The second-order valence-electron chi connectivity index (χ2n) is 2.99. The molecule has 4 amide bonds. The number of amides is 4. The van der Waals surface area contributed by atoms with E-state index in [9.17, 15) is 14.4 Å². The van der Waals surface area contributed by atoms with Gasteiger partial charge in [-0.3, -0.25) is 0 Å². The SMILES string of the molecule is CC[C@H](NC(=O)NCCNC(N)=O)C(=O)O. The summed E-state index contributed by atoms with van der Waals surface area (Å²) in [6, 6.07) is -2.19. The number of primary amides is 1. The summed E-state index contributed by atoms with van der Waals surface area (Å²) < 4.78 is 0. The minimum absolute atomic E-state index is 0.171. The zero-order chi connectivity index (χ0) is 12.6. The van der Waals surface area contributed by atoms with Crippen LogP contribution in [0.2, 0.25) is 0 Å². The summed E-state index contributed by atoms with van der Waals surface area (Å²) in [4.78, 5) is 32.0. The lowest BCUT2D eigenvalue weighted by molar-refractivity contribution is -0.139. The van der Waals surface area contributed by atoms with Crippen LogP contribution in [-0.4, -0.2) is 42.3 Å². The quantitative estimate of drug-likeness (QED) is 0.368. The third kappa shape index (κ3) is 6.46. The molecule has 0 heterocycles. The number of hydrogen-bond donors (Lipinski definition) is 5. The van der Waals surface area contributed by atoms with E-state index >= 15 is 0 Å². The Balaban J connectivity index is 3.73. The van der Waals surface area contributed by atoms with Gasteiger partial charge in [0.05, 0.1) is 0 Å². The molecule has 0 unspecified atom stereocenters. The Labute approximate surface area is 92.6 Å². The number of hydrogen-bond acceptors (Lipinski definition) is 3. The van der Waals surface area contributed by atoms with Crippen LogP contribution in [0.5, 0.6) is 0 Å². The lowest BCUT2D eigenvalue weighted by Crippen LogP contribution is -2.47. The summed E-state index contributed by atoms with van der Waals surface area (Å²) >= 11 is 0. The van der Waals surface area contributed by atoms with Gasteiger partial charge in [-0.15, -0.1) is 0 Å². The van der Waals surface area contributed by atoms with Crippen LogP contribution in [0.3, 0.4) is 0 Å². The van der Waals surface area contributed by atoms with Crippen molar-refractivity contribution in [3.05, 3.63) is 0 Å². The first-order valence-corrected chi connectivity index (χ1v) is 4.77. The molecule has 92 valence electrons. The van der Waals surface area contributed by atoms with Crippen molar-refractivity contribution in [1.29, 1.82) is 0 Å². The summed E-state index contributed by atoms with van der Waals surface area (Å²) in [5.41, 5.74) is 4.80. The van der Waals surface area contributed by atoms with E-state index in [1.807, 2.05) is 0 Å². The predicted molar refractivity (Wildman–Crippen MR) is 55.8 cm³/mol. The predicted octanol–water partition coefficient (Wildman–Crippen LogP) is -1.18. The Morgan fingerprint density at radius 1 is 1.25 bits per heavy atom. The van der Waals surface area contributed by atoms with E-state index in [-0.39, 0.29) is 13.1 Å². The number of nitrogens with two attached hydrogens (primary N) is 1. The number of rotatable bonds is 6. The molecule has 0 fully saturated rings. The second kappa shape index (κ2) is 7.32. The molecular formula is C8H16N4O4. The molecule has 0 aromatic carbocycles. The largest absolute Gasteiger partial charge is 0.480 e. The molecule has 0 spiro atoms. The van der Waals surface area contributed by atoms with Crippen LogP contribution in [0.25, 0.3) is 0 Å². The van der Waals surface area contributed by atoms with Crippen molar-refractivity contribution in [3.8, 4) is 0 Å². The first-order chi connectivity index (χ1) is 7.47. The van der Waals surface area contributed by atoms with Crippen molar-refractivity contribution < 1.29 is 19.5 Å². The maximum absolute atomic E-state index is 11.1. The molecule has 8 nitrogen and oxygen atoms in total. The highest BCUT2D eigenvalue weighted by Crippen LogP contribution is 1.89. The Morgan fingerprint density at radius 3 is 2.25 bits per heavy atom. The maximum Gasteiger partial charge on any atom is 0.326 e. The van der Waals surface area contributed by atoms with E-state index in [1.165, 1.54) is 0 Å². The summed E-state index contributed by atoms with van der Waals surface area (Å²) in [7, 11) is 0. The zero-order valence-electron chi connectivity index (χ0n) is 8.95. The molecule has 1 atom stereocenters. The minimum atomic E-state index is -1.09. The average molecular weight is 232 g/mol. The van der Waals surface area contributed by atoms with Crippen LogP contribution in [0.15, 0.2) is 0 Å². The first kappa shape index (κ1) is 14.0. The van der Waals surface area contributed by atoms with Crippen molar-refractivity contribution in [2.24, 2.45) is 5.73 Å². The molecule has 0 aliphatic carbocycles. The van der Waals surface area contributed by atoms with Gasteiger partial charge in [0.15, 0.2) is 0 Å². The van der Waals surface area contributed by atoms with Crippen LogP contribution in [0.1, 0.15) is 13.3 Å². The zero-order valence-corrected chi connectivity index (χ0v) is 8.95. The molecule has 0 bridgehead atoms. The Bertz CT molecular complexity index is 269. The van der Waals surface area contributed by atoms with Crippen LogP contribution < -0.4 is 21.7 Å². The number of carboxylic acids is 1. The monoisotopic (exact) mass is 232 g/mol. The molecule has 0 aliphatic heterocycles. The maximum atomic E-state index is 11.1. The molecule has 8 heteroatoms. The lowest BCUT2D eigenvalue weighted by Gasteiger charge is -2.13. The number of carbonyl (C=O) groups excluding carboxylic acids is 2. The fraction of sp³-hybridized carbons (Fsp3) is 0.625. The fourth-order valence-corrected chi connectivity index (χ4v) is 0.909. The third-order valence-corrected chi connectivity index (χ3v) is 1.72. The van der Waals surface area contributed by atoms with E-state index in [0.29, 0.717) is 6.42 Å². The minimum Gasteiger partial charge on any atom is -0.480 e. The molecule has 0 radical (unpaired) electrons. The van der Waals surface area contributed by atoms with Crippen molar-refractivity contribution in [2.45, 2.75) is 19.4 Å². The molecule has 0 aromatic heterocycles. The number of nitrogens with one attached hydrogen (secondary N) is 3. The van der Waals surface area contributed by atoms with Gasteiger partial charge in [0, 0.05) is 13.1 Å². The van der Waals surface area contributed by atoms with Gasteiger partial charge >= 0.3 is 18.0 Å². The number of urea groups is 2. The Morgan fingerprint density at radius 2 is 1.81 bits per heavy atom. The third-order valence-electron chi connectivity index (χ3n) is 1.72. The molecule has 6 N–H and O–H groups in total. The van der Waals surface area contributed by atoms with E-state index in [1.54, 1.807) is 6.92 Å². The molecule has 0 saturated heterocycles. The van der Waals surface area contributed by atoms with Gasteiger partial charge in [-0.1, -0.05) is 6.92 Å². The van der Waals surface area contributed by atoms with E-state index in [2.05, 4.69) is 16.0 Å². The van der Waals surface area contributed by atoms with Gasteiger partial charge < -0.3 is 26.8 Å². The van der Waals surface area contributed by atoms with Crippen molar-refractivity contribution in [2.75, 3.05) is 13.1 Å². The van der Waals surface area contributed by atoms with Crippen molar-refractivity contribution >= 4 is 18.0 Å². The number of carboxylic acid groups (broad SMARTS) is 1. The topological polar surface area (TPSA) is 134 Å². The van der Waals surface area contributed by atoms with Gasteiger partial charge in [0.2, 0.25) is 0 Å². The van der Waals surface area contributed by atoms with E-state index < -0.39 is 24.1 Å². The summed E-state index contributed by atoms with van der Waals surface area (Å²) in [5.74, 6) is -1.09. The molecule has 16 heavy (non-hydrogen) atoms. The van der Waals surface area contributed by atoms with E-state index in [0.717, 1.165) is 0 Å². The first-order valence-electron chi connectivity index (χ1n) is 4.77. The molecule has 0 aromatic rings. The highest BCUT2D eigenvalue weighted by molar-refractivity contribution is 5.82. The van der Waals surface area contributed by atoms with E-state index in [4.69, 9.17) is 10.8 Å². The number of carbonyl (C=O) groups is 3. The molecule has 0 rings (SSSR count). The van der Waals surface area contributed by atoms with Gasteiger partial charge in [-0.05, 0) is 6.42 Å². The lowest BCUT2D eigenvalue weighted by atomic mass is 10.2. The fourth-order valence-electron chi connectivity index (χ4n) is 0.909. The van der Waals surface area contributed by atoms with Crippen molar-refractivity contribution in [1.82, 2.24) is 16.0 Å². The summed E-state index contributed by atoms with van der Waals surface area (Å²) in [5, 5.41) is 15.6. The van der Waals surface area contributed by atoms with Gasteiger partial charge in [-0.25, -0.2) is 14.4 Å². The van der Waals surface area contributed by atoms with Gasteiger partial charge in [-0.2, -0.15) is 0 Å². The highest BCUT2D eigenvalue weighted by Gasteiger charge is 2.16. The van der Waals surface area contributed by atoms with Crippen molar-refractivity contribution in [3.63, 3.8) is 0 Å². The second-order valence-corrected chi connectivity index (χ2v) is 2.99. The molecular weight excluding hydrogens is 216 g/mol. The molecule has 0 aliphatic rings. The Hall–Kier alpha value is -1.99. The molecule has 0 saturated carbocycles. The summed E-state index contributed by atoms with van der Waals surface area (Å²) in [6.45, 7) is 2.01. The Kier molecular flexibility index (Phi) is 6.41.